The molecule has 0 saturated carbocycles. The largest absolute Gasteiger partial charge is 0.460 e. The van der Waals surface area contributed by atoms with Gasteiger partial charge in [-0.15, -0.1) is 0 Å². The fourth-order valence-electron chi connectivity index (χ4n) is 1.14. The zero-order chi connectivity index (χ0) is 22.0. The zero-order valence-corrected chi connectivity index (χ0v) is 12.3. The van der Waals surface area contributed by atoms with Gasteiger partial charge in [0.05, 0.1) is 0 Å². The third kappa shape index (κ3) is 3.03. The molecule has 0 unspecified atom stereocenters. The summed E-state index contributed by atoms with van der Waals surface area (Å²) in [5.74, 6) is -48.9. The van der Waals surface area contributed by atoms with Crippen LogP contribution in [0.5, 0.6) is 0 Å². The molecule has 0 aliphatic heterocycles. The molecule has 158 valence electrons. The molecule has 26 heavy (non-hydrogen) atoms. The summed E-state index contributed by atoms with van der Waals surface area (Å²) < 4.78 is 195. The summed E-state index contributed by atoms with van der Waals surface area (Å²) in [5.41, 5.74) is 0. The van der Waals surface area contributed by atoms with Crippen molar-refractivity contribution in [2.24, 2.45) is 0 Å². The SMILES string of the molecule is FC(F)(F)C(F)(F)C(F)(F)C(F)(F)C(F)(F)C(F)(F)C(F)(F)C(F)(Cl)Cl. The van der Waals surface area contributed by atoms with Gasteiger partial charge < -0.3 is 0 Å². The number of hydrogen-bond donors (Lipinski definition) is 0. The van der Waals surface area contributed by atoms with E-state index in [1.807, 2.05) is 0 Å². The molecule has 0 spiro atoms. The number of rotatable bonds is 6. The maximum Gasteiger partial charge on any atom is 0.460 e. The van der Waals surface area contributed by atoms with Gasteiger partial charge in [0.15, 0.2) is 0 Å². The Balaban J connectivity index is 6.61. The third-order valence-electron chi connectivity index (χ3n) is 2.68. The van der Waals surface area contributed by atoms with Crippen LogP contribution in [-0.2, 0) is 0 Å². The molecule has 0 aliphatic carbocycles. The minimum Gasteiger partial charge on any atom is -0.201 e. The Kier molecular flexibility index (Phi) is 5.85. The molecule has 0 aliphatic rings. The predicted molar refractivity (Wildman–Crippen MR) is 51.3 cm³/mol. The van der Waals surface area contributed by atoms with E-state index >= 15 is 0 Å². The lowest BCUT2D eigenvalue weighted by Gasteiger charge is -2.42. The van der Waals surface area contributed by atoms with Crippen molar-refractivity contribution in [2.45, 2.75) is 46.3 Å². The van der Waals surface area contributed by atoms with Gasteiger partial charge in [0, 0.05) is 0 Å². The number of alkyl halides is 18. The molecule has 0 heterocycles. The quantitative estimate of drug-likeness (QED) is 0.308. The highest BCUT2D eigenvalue weighted by Crippen LogP contribution is 2.64. The molecule has 0 radical (unpaired) electrons. The molecular weight excluding hydrogens is 471 g/mol. The van der Waals surface area contributed by atoms with E-state index in [4.69, 9.17) is 0 Å². The predicted octanol–water partition coefficient (Wildman–Crippen LogP) is 6.46. The van der Waals surface area contributed by atoms with Crippen LogP contribution in [0.3, 0.4) is 0 Å². The molecule has 0 atom stereocenters. The summed E-state index contributed by atoms with van der Waals surface area (Å²) in [6, 6.07) is 0. The summed E-state index contributed by atoms with van der Waals surface area (Å²) >= 11 is 7.43. The van der Waals surface area contributed by atoms with Crippen molar-refractivity contribution in [1.82, 2.24) is 0 Å². The van der Waals surface area contributed by atoms with Gasteiger partial charge in [-0.25, -0.2) is 4.39 Å². The minimum atomic E-state index is -8.51. The molecule has 18 heteroatoms. The van der Waals surface area contributed by atoms with Gasteiger partial charge in [-0.3, -0.25) is 0 Å². The highest BCUT2D eigenvalue weighted by atomic mass is 35.5. The minimum absolute atomic E-state index is 3.72. The van der Waals surface area contributed by atoms with Crippen LogP contribution in [0.4, 0.5) is 70.2 Å². The first kappa shape index (κ1) is 25.5. The summed E-state index contributed by atoms with van der Waals surface area (Å²) in [5, 5.41) is 0. The van der Waals surface area contributed by atoms with Crippen LogP contribution in [0.25, 0.3) is 0 Å². The first-order valence-electron chi connectivity index (χ1n) is 5.15. The van der Waals surface area contributed by atoms with E-state index in [0.717, 1.165) is 0 Å². The lowest BCUT2D eigenvalue weighted by Crippen LogP contribution is -2.73. The van der Waals surface area contributed by atoms with Crippen LogP contribution in [0, 0.1) is 0 Å². The van der Waals surface area contributed by atoms with Gasteiger partial charge in [0.2, 0.25) is 0 Å². The zero-order valence-electron chi connectivity index (χ0n) is 10.8. The standard InChI is InChI=1S/C8Cl2F16/c9-7(10,23)5(19,20)3(15,16)1(11,12)2(13,14)4(17,18)6(21,22)8(24,25)26. The molecule has 0 amide bonds. The van der Waals surface area contributed by atoms with Crippen LogP contribution in [-0.4, -0.2) is 46.3 Å². The molecule has 0 aromatic heterocycles. The van der Waals surface area contributed by atoms with E-state index in [-0.39, 0.29) is 0 Å². The van der Waals surface area contributed by atoms with Gasteiger partial charge in [0.1, 0.15) is 0 Å². The van der Waals surface area contributed by atoms with Crippen molar-refractivity contribution >= 4 is 23.2 Å². The summed E-state index contributed by atoms with van der Waals surface area (Å²) in [4.78, 5) is 0. The number of halogens is 18. The highest BCUT2D eigenvalue weighted by Gasteiger charge is 2.94. The number of hydrogen-bond acceptors (Lipinski definition) is 0. The lowest BCUT2D eigenvalue weighted by molar-refractivity contribution is -0.454. The Morgan fingerprint density at radius 3 is 0.692 bits per heavy atom. The Morgan fingerprint density at radius 2 is 0.500 bits per heavy atom. The first-order valence-corrected chi connectivity index (χ1v) is 5.91. The van der Waals surface area contributed by atoms with E-state index in [9.17, 15) is 70.2 Å². The molecular formula is C8Cl2F16. The average molecular weight is 471 g/mol. The maximum atomic E-state index is 13.0. The molecule has 0 nitrogen and oxygen atoms in total. The van der Waals surface area contributed by atoms with Crippen LogP contribution < -0.4 is 0 Å². The average Bonchev–Trinajstić information content (AvgIpc) is 2.34. The van der Waals surface area contributed by atoms with Gasteiger partial charge in [-0.1, -0.05) is 23.2 Å². The lowest BCUT2D eigenvalue weighted by atomic mass is 9.91. The normalized spacial score (nSPS) is 16.8. The van der Waals surface area contributed by atoms with E-state index in [1.54, 1.807) is 0 Å². The fourth-order valence-corrected chi connectivity index (χ4v) is 1.38. The van der Waals surface area contributed by atoms with Gasteiger partial charge in [-0.2, -0.15) is 65.9 Å². The second kappa shape index (κ2) is 5.98. The first-order chi connectivity index (χ1) is 10.8. The van der Waals surface area contributed by atoms with Crippen LogP contribution in [0.15, 0.2) is 0 Å². The van der Waals surface area contributed by atoms with Crippen molar-refractivity contribution in [1.29, 1.82) is 0 Å². The molecule has 0 aromatic carbocycles. The summed E-state index contributed by atoms with van der Waals surface area (Å²) in [6.45, 7) is 0. The van der Waals surface area contributed by atoms with Gasteiger partial charge >= 0.3 is 46.3 Å². The summed E-state index contributed by atoms with van der Waals surface area (Å²) in [7, 11) is 0. The van der Waals surface area contributed by atoms with Crippen molar-refractivity contribution < 1.29 is 70.2 Å². The Labute approximate surface area is 141 Å². The van der Waals surface area contributed by atoms with E-state index < -0.39 is 46.3 Å². The van der Waals surface area contributed by atoms with Crippen LogP contribution in [0.1, 0.15) is 0 Å². The summed E-state index contributed by atoms with van der Waals surface area (Å²) in [6.07, 6.45) is -7.71. The molecule has 0 aromatic rings. The molecule has 0 bridgehead atoms. The van der Waals surface area contributed by atoms with Crippen LogP contribution >= 0.6 is 23.2 Å². The maximum absolute atomic E-state index is 13.0. The Morgan fingerprint density at radius 1 is 0.308 bits per heavy atom. The van der Waals surface area contributed by atoms with Crippen molar-refractivity contribution in [2.75, 3.05) is 0 Å². The Bertz CT molecular complexity index is 477. The molecule has 0 fully saturated rings. The van der Waals surface area contributed by atoms with Crippen molar-refractivity contribution in [3.05, 3.63) is 0 Å². The second-order valence-corrected chi connectivity index (χ2v) is 5.68. The van der Waals surface area contributed by atoms with E-state index in [2.05, 4.69) is 23.2 Å². The Hall–Kier alpha value is -0.540. The third-order valence-corrected chi connectivity index (χ3v) is 3.16. The van der Waals surface area contributed by atoms with Gasteiger partial charge in [-0.05, 0) is 0 Å². The van der Waals surface area contributed by atoms with Crippen molar-refractivity contribution in [3.63, 3.8) is 0 Å². The van der Waals surface area contributed by atoms with Crippen molar-refractivity contribution in [3.8, 4) is 0 Å². The second-order valence-electron chi connectivity index (χ2n) is 4.44. The highest BCUT2D eigenvalue weighted by molar-refractivity contribution is 6.47. The van der Waals surface area contributed by atoms with Crippen LogP contribution in [0.2, 0.25) is 0 Å². The molecule has 0 saturated heterocycles. The van der Waals surface area contributed by atoms with Gasteiger partial charge in [0.25, 0.3) is 0 Å². The smallest absolute Gasteiger partial charge is 0.201 e. The van der Waals surface area contributed by atoms with E-state index in [0.29, 0.717) is 0 Å². The topological polar surface area (TPSA) is 0 Å². The monoisotopic (exact) mass is 470 g/mol. The molecule has 0 rings (SSSR count). The van der Waals surface area contributed by atoms with E-state index in [1.165, 1.54) is 0 Å². The fraction of sp³-hybridized carbons (Fsp3) is 1.00. The molecule has 0 N–H and O–H groups in total.